The Hall–Kier alpha value is -0.410. The first-order valence-electron chi connectivity index (χ1n) is 7.52. The molecule has 1 aliphatic carbocycles. The van der Waals surface area contributed by atoms with Crippen molar-refractivity contribution in [3.8, 4) is 0 Å². The Bertz CT molecular complexity index is 299. The lowest BCUT2D eigenvalue weighted by atomic mass is 9.89. The molecule has 19 heavy (non-hydrogen) atoms. The summed E-state index contributed by atoms with van der Waals surface area (Å²) >= 11 is 0. The third kappa shape index (κ3) is 6.05. The fourth-order valence-corrected chi connectivity index (χ4v) is 2.52. The Morgan fingerprint density at radius 3 is 2.32 bits per heavy atom. The van der Waals surface area contributed by atoms with Gasteiger partial charge in [-0.05, 0) is 40.0 Å². The van der Waals surface area contributed by atoms with Crippen LogP contribution in [-0.2, 0) is 9.53 Å². The van der Waals surface area contributed by atoms with E-state index in [0.29, 0.717) is 19.1 Å². The topological polar surface area (TPSA) is 38.3 Å². The summed E-state index contributed by atoms with van der Waals surface area (Å²) in [6.07, 6.45) is 4.30. The molecule has 2 unspecified atom stereocenters. The van der Waals surface area contributed by atoms with Crippen molar-refractivity contribution in [3.63, 3.8) is 0 Å². The van der Waals surface area contributed by atoms with Crippen molar-refractivity contribution in [2.24, 2.45) is 5.41 Å². The number of carbonyl (C=O) groups excluding carboxylic acids is 1. The van der Waals surface area contributed by atoms with Crippen molar-refractivity contribution in [2.45, 2.75) is 84.9 Å². The van der Waals surface area contributed by atoms with Gasteiger partial charge in [-0.15, -0.1) is 0 Å². The van der Waals surface area contributed by atoms with Gasteiger partial charge in [-0.2, -0.15) is 0 Å². The highest BCUT2D eigenvalue weighted by molar-refractivity contribution is 5.83. The molecular formula is C16H31NO2. The number of ketones is 1. The van der Waals surface area contributed by atoms with Gasteiger partial charge in [0.2, 0.25) is 0 Å². The second kappa shape index (κ2) is 6.36. The summed E-state index contributed by atoms with van der Waals surface area (Å²) in [5.74, 6) is 0.283. The second-order valence-electron chi connectivity index (χ2n) is 7.76. The first kappa shape index (κ1) is 16.6. The molecule has 1 fully saturated rings. The predicted molar refractivity (Wildman–Crippen MR) is 79.3 cm³/mol. The van der Waals surface area contributed by atoms with Crippen molar-refractivity contribution < 1.29 is 9.53 Å². The standard InChI is InChI=1S/C16H31NO2/c1-15(2,3)14(18)10-11-19-13-9-7-8-12(13)17-16(4,5)6/h12-13,17H,7-11H2,1-6H3. The first-order chi connectivity index (χ1) is 8.59. The fourth-order valence-electron chi connectivity index (χ4n) is 2.52. The van der Waals surface area contributed by atoms with Gasteiger partial charge in [0.05, 0.1) is 12.7 Å². The molecule has 2 atom stereocenters. The molecule has 0 radical (unpaired) electrons. The molecule has 0 aliphatic heterocycles. The highest BCUT2D eigenvalue weighted by atomic mass is 16.5. The second-order valence-corrected chi connectivity index (χ2v) is 7.76. The summed E-state index contributed by atoms with van der Waals surface area (Å²) in [5.41, 5.74) is -0.125. The van der Waals surface area contributed by atoms with Crippen LogP contribution in [0.5, 0.6) is 0 Å². The minimum absolute atomic E-state index is 0.123. The number of Topliss-reactive ketones (excluding diaryl/α,β-unsaturated/α-hetero) is 1. The predicted octanol–water partition coefficient (Wildman–Crippen LogP) is 3.32. The van der Waals surface area contributed by atoms with Gasteiger partial charge in [-0.3, -0.25) is 4.79 Å². The van der Waals surface area contributed by atoms with E-state index in [4.69, 9.17) is 4.74 Å². The largest absolute Gasteiger partial charge is 0.376 e. The van der Waals surface area contributed by atoms with Gasteiger partial charge in [-0.25, -0.2) is 0 Å². The molecule has 0 aromatic rings. The Labute approximate surface area is 118 Å². The van der Waals surface area contributed by atoms with Gasteiger partial charge in [0.15, 0.2) is 0 Å². The average molecular weight is 269 g/mol. The maximum Gasteiger partial charge on any atom is 0.140 e. The average Bonchev–Trinajstić information content (AvgIpc) is 2.61. The van der Waals surface area contributed by atoms with Crippen LogP contribution in [0.3, 0.4) is 0 Å². The van der Waals surface area contributed by atoms with Crippen LogP contribution in [0.4, 0.5) is 0 Å². The molecular weight excluding hydrogens is 238 g/mol. The minimum Gasteiger partial charge on any atom is -0.376 e. The normalized spacial score (nSPS) is 24.7. The number of ether oxygens (including phenoxy) is 1. The molecule has 112 valence electrons. The summed E-state index contributed by atoms with van der Waals surface area (Å²) in [4.78, 5) is 11.9. The van der Waals surface area contributed by atoms with Gasteiger partial charge in [0.1, 0.15) is 5.78 Å². The summed E-state index contributed by atoms with van der Waals surface area (Å²) < 4.78 is 5.94. The van der Waals surface area contributed by atoms with E-state index in [1.165, 1.54) is 12.8 Å². The van der Waals surface area contributed by atoms with Crippen LogP contribution < -0.4 is 5.32 Å². The molecule has 0 aromatic heterocycles. The Morgan fingerprint density at radius 2 is 1.79 bits per heavy atom. The van der Waals surface area contributed by atoms with Crippen molar-refractivity contribution >= 4 is 5.78 Å². The molecule has 0 saturated heterocycles. The molecule has 1 N–H and O–H groups in total. The lowest BCUT2D eigenvalue weighted by Gasteiger charge is -2.30. The SMILES string of the molecule is CC(C)(C)NC1CCCC1OCCC(=O)C(C)(C)C. The molecule has 1 saturated carbocycles. The van der Waals surface area contributed by atoms with Crippen LogP contribution in [-0.4, -0.2) is 30.1 Å². The Balaban J connectivity index is 2.34. The zero-order chi connectivity index (χ0) is 14.7. The van der Waals surface area contributed by atoms with E-state index in [9.17, 15) is 4.79 Å². The molecule has 0 heterocycles. The van der Waals surface area contributed by atoms with E-state index < -0.39 is 0 Å². The van der Waals surface area contributed by atoms with Crippen molar-refractivity contribution in [1.29, 1.82) is 0 Å². The van der Waals surface area contributed by atoms with Crippen LogP contribution >= 0.6 is 0 Å². The fraction of sp³-hybridized carbons (Fsp3) is 0.938. The summed E-state index contributed by atoms with van der Waals surface area (Å²) in [7, 11) is 0. The highest BCUT2D eigenvalue weighted by Gasteiger charge is 2.31. The van der Waals surface area contributed by atoms with Crippen LogP contribution in [0.25, 0.3) is 0 Å². The molecule has 3 heteroatoms. The number of rotatable bonds is 5. The lowest BCUT2D eigenvalue weighted by molar-refractivity contribution is -0.128. The van der Waals surface area contributed by atoms with Crippen molar-refractivity contribution in [1.82, 2.24) is 5.32 Å². The van der Waals surface area contributed by atoms with Crippen LogP contribution in [0.2, 0.25) is 0 Å². The van der Waals surface area contributed by atoms with Crippen LogP contribution in [0.15, 0.2) is 0 Å². The lowest BCUT2D eigenvalue weighted by Crippen LogP contribution is -2.47. The molecule has 0 bridgehead atoms. The maximum absolute atomic E-state index is 11.9. The molecule has 1 aliphatic rings. The molecule has 0 amide bonds. The third-order valence-corrected chi connectivity index (χ3v) is 3.57. The monoisotopic (exact) mass is 269 g/mol. The van der Waals surface area contributed by atoms with Crippen LogP contribution in [0.1, 0.15) is 67.2 Å². The van der Waals surface area contributed by atoms with E-state index in [0.717, 1.165) is 6.42 Å². The molecule has 3 nitrogen and oxygen atoms in total. The van der Waals surface area contributed by atoms with E-state index in [1.54, 1.807) is 0 Å². The van der Waals surface area contributed by atoms with Crippen molar-refractivity contribution in [3.05, 3.63) is 0 Å². The van der Waals surface area contributed by atoms with Gasteiger partial charge >= 0.3 is 0 Å². The summed E-state index contributed by atoms with van der Waals surface area (Å²) in [5, 5.41) is 3.63. The van der Waals surface area contributed by atoms with Gasteiger partial charge in [-0.1, -0.05) is 20.8 Å². The third-order valence-electron chi connectivity index (χ3n) is 3.57. The zero-order valence-corrected chi connectivity index (χ0v) is 13.5. The van der Waals surface area contributed by atoms with E-state index in [-0.39, 0.29) is 22.8 Å². The number of nitrogens with one attached hydrogen (secondary N) is 1. The van der Waals surface area contributed by atoms with E-state index in [1.807, 2.05) is 20.8 Å². The zero-order valence-electron chi connectivity index (χ0n) is 13.5. The number of carbonyl (C=O) groups is 1. The highest BCUT2D eigenvalue weighted by Crippen LogP contribution is 2.25. The number of hydrogen-bond donors (Lipinski definition) is 1. The minimum atomic E-state index is -0.248. The summed E-state index contributed by atoms with van der Waals surface area (Å²) in [6.45, 7) is 13.0. The molecule has 0 aromatic carbocycles. The van der Waals surface area contributed by atoms with Gasteiger partial charge in [0.25, 0.3) is 0 Å². The quantitative estimate of drug-likeness (QED) is 0.832. The first-order valence-corrected chi connectivity index (χ1v) is 7.52. The Morgan fingerprint density at radius 1 is 1.16 bits per heavy atom. The smallest absolute Gasteiger partial charge is 0.140 e. The van der Waals surface area contributed by atoms with E-state index >= 15 is 0 Å². The summed E-state index contributed by atoms with van der Waals surface area (Å²) in [6, 6.07) is 0.435. The van der Waals surface area contributed by atoms with Crippen LogP contribution in [0, 0.1) is 5.41 Å². The Kier molecular flexibility index (Phi) is 5.57. The maximum atomic E-state index is 11.9. The van der Waals surface area contributed by atoms with Gasteiger partial charge < -0.3 is 10.1 Å². The molecule has 0 spiro atoms. The van der Waals surface area contributed by atoms with Gasteiger partial charge in [0, 0.05) is 23.4 Å². The van der Waals surface area contributed by atoms with E-state index in [2.05, 4.69) is 26.1 Å². The number of hydrogen-bond acceptors (Lipinski definition) is 3. The van der Waals surface area contributed by atoms with Crippen molar-refractivity contribution in [2.75, 3.05) is 6.61 Å². The molecule has 1 rings (SSSR count).